The Bertz CT molecular complexity index is 682. The van der Waals surface area contributed by atoms with Gasteiger partial charge in [-0.3, -0.25) is 4.99 Å². The lowest BCUT2D eigenvalue weighted by molar-refractivity contribution is 0.632. The molecular formula is C19H24N4S. The Morgan fingerprint density at radius 2 is 2.00 bits per heavy atom. The highest BCUT2D eigenvalue weighted by molar-refractivity contribution is 7.09. The first kappa shape index (κ1) is 16.7. The van der Waals surface area contributed by atoms with Gasteiger partial charge < -0.3 is 10.6 Å². The first-order valence-corrected chi connectivity index (χ1v) is 9.31. The average Bonchev–Trinajstić information content (AvgIpc) is 3.29. The summed E-state index contributed by atoms with van der Waals surface area (Å²) in [6.45, 7) is 0.710. The van der Waals surface area contributed by atoms with Crippen LogP contribution < -0.4 is 10.6 Å². The summed E-state index contributed by atoms with van der Waals surface area (Å²) in [5, 5.41) is 10.1. The van der Waals surface area contributed by atoms with E-state index in [1.165, 1.54) is 10.6 Å². The predicted molar refractivity (Wildman–Crippen MR) is 101 cm³/mol. The lowest BCUT2D eigenvalue weighted by Crippen LogP contribution is -2.42. The molecule has 2 aromatic rings. The van der Waals surface area contributed by atoms with Crippen LogP contribution in [-0.4, -0.2) is 24.0 Å². The molecule has 1 aromatic carbocycles. The Morgan fingerprint density at radius 3 is 2.75 bits per heavy atom. The highest BCUT2D eigenvalue weighted by Gasteiger charge is 2.11. The second-order valence-electron chi connectivity index (χ2n) is 5.93. The van der Waals surface area contributed by atoms with Crippen LogP contribution in [0.1, 0.15) is 29.1 Å². The van der Waals surface area contributed by atoms with E-state index in [2.05, 4.69) is 63.5 Å². The zero-order chi connectivity index (χ0) is 16.6. The molecule has 0 bridgehead atoms. The number of aliphatic imine (C=N–C) groups is 1. The molecule has 0 atom stereocenters. The number of thiazole rings is 1. The Kier molecular flexibility index (Phi) is 6.01. The SMILES string of the molecule is CN=C(NCc1csc(CCc2ccccc2)n1)NC1CC=CC1. The van der Waals surface area contributed by atoms with Crippen LogP contribution in [0.4, 0.5) is 0 Å². The molecule has 0 aliphatic heterocycles. The van der Waals surface area contributed by atoms with Gasteiger partial charge in [0.1, 0.15) is 0 Å². The molecule has 0 unspecified atom stereocenters. The minimum atomic E-state index is 0.466. The van der Waals surface area contributed by atoms with Crippen molar-refractivity contribution in [3.05, 3.63) is 64.1 Å². The summed E-state index contributed by atoms with van der Waals surface area (Å²) in [4.78, 5) is 9.02. The lowest BCUT2D eigenvalue weighted by Gasteiger charge is -2.16. The van der Waals surface area contributed by atoms with Gasteiger partial charge in [-0.2, -0.15) is 0 Å². The Morgan fingerprint density at radius 1 is 1.21 bits per heavy atom. The van der Waals surface area contributed by atoms with E-state index in [1.54, 1.807) is 11.3 Å². The first-order chi connectivity index (χ1) is 11.8. The third-order valence-corrected chi connectivity index (χ3v) is 5.04. The quantitative estimate of drug-likeness (QED) is 0.482. The van der Waals surface area contributed by atoms with Crippen molar-refractivity contribution in [2.45, 2.75) is 38.3 Å². The number of aryl methyl sites for hydroxylation is 2. The smallest absolute Gasteiger partial charge is 0.191 e. The van der Waals surface area contributed by atoms with Crippen molar-refractivity contribution in [2.75, 3.05) is 7.05 Å². The van der Waals surface area contributed by atoms with Gasteiger partial charge in [-0.25, -0.2) is 4.98 Å². The summed E-state index contributed by atoms with van der Waals surface area (Å²) in [7, 11) is 1.81. The third-order valence-electron chi connectivity index (χ3n) is 4.08. The van der Waals surface area contributed by atoms with Gasteiger partial charge >= 0.3 is 0 Å². The maximum absolute atomic E-state index is 4.72. The Hall–Kier alpha value is -2.14. The van der Waals surface area contributed by atoms with Crippen LogP contribution in [0.15, 0.2) is 52.9 Å². The van der Waals surface area contributed by atoms with Crippen LogP contribution in [0.5, 0.6) is 0 Å². The Labute approximate surface area is 147 Å². The van der Waals surface area contributed by atoms with E-state index in [1.807, 2.05) is 7.05 Å². The number of guanidine groups is 1. The third kappa shape index (κ3) is 4.93. The number of benzene rings is 1. The Balaban J connectivity index is 1.45. The maximum atomic E-state index is 4.72. The fraction of sp³-hybridized carbons (Fsp3) is 0.368. The molecule has 0 radical (unpaired) electrons. The van der Waals surface area contributed by atoms with E-state index in [4.69, 9.17) is 4.98 Å². The van der Waals surface area contributed by atoms with E-state index in [9.17, 15) is 0 Å². The van der Waals surface area contributed by atoms with Gasteiger partial charge in [0.05, 0.1) is 17.2 Å². The molecule has 1 aliphatic rings. The van der Waals surface area contributed by atoms with Gasteiger partial charge in [-0.15, -0.1) is 11.3 Å². The molecule has 1 heterocycles. The highest BCUT2D eigenvalue weighted by atomic mass is 32.1. The molecule has 0 saturated heterocycles. The number of aromatic nitrogens is 1. The summed E-state index contributed by atoms with van der Waals surface area (Å²) >= 11 is 1.74. The zero-order valence-corrected chi connectivity index (χ0v) is 14.9. The van der Waals surface area contributed by atoms with Crippen molar-refractivity contribution in [2.24, 2.45) is 4.99 Å². The molecule has 2 N–H and O–H groups in total. The van der Waals surface area contributed by atoms with Gasteiger partial charge in [0, 0.05) is 24.9 Å². The molecule has 24 heavy (non-hydrogen) atoms. The normalized spacial score (nSPS) is 15.0. The van der Waals surface area contributed by atoms with Crippen LogP contribution >= 0.6 is 11.3 Å². The van der Waals surface area contributed by atoms with Crippen molar-refractivity contribution >= 4 is 17.3 Å². The molecule has 3 rings (SSSR count). The van der Waals surface area contributed by atoms with Crippen LogP contribution in [0, 0.1) is 0 Å². The summed E-state index contributed by atoms with van der Waals surface area (Å²) in [5.74, 6) is 0.850. The molecular weight excluding hydrogens is 316 g/mol. The number of hydrogen-bond donors (Lipinski definition) is 2. The van der Waals surface area contributed by atoms with Gasteiger partial charge in [-0.05, 0) is 24.8 Å². The van der Waals surface area contributed by atoms with Gasteiger partial charge in [0.2, 0.25) is 0 Å². The maximum Gasteiger partial charge on any atom is 0.191 e. The number of rotatable bonds is 6. The van der Waals surface area contributed by atoms with Gasteiger partial charge in [-0.1, -0.05) is 42.5 Å². The van der Waals surface area contributed by atoms with Crippen molar-refractivity contribution < 1.29 is 0 Å². The summed E-state index contributed by atoms with van der Waals surface area (Å²) in [6.07, 6.45) is 8.60. The van der Waals surface area contributed by atoms with Crippen molar-refractivity contribution in [1.29, 1.82) is 0 Å². The minimum absolute atomic E-state index is 0.466. The fourth-order valence-electron chi connectivity index (χ4n) is 2.74. The summed E-state index contributed by atoms with van der Waals surface area (Å²) < 4.78 is 0. The van der Waals surface area contributed by atoms with Gasteiger partial charge in [0.15, 0.2) is 5.96 Å². The largest absolute Gasteiger partial charge is 0.353 e. The van der Waals surface area contributed by atoms with E-state index in [-0.39, 0.29) is 0 Å². The molecule has 1 aromatic heterocycles. The van der Waals surface area contributed by atoms with E-state index < -0.39 is 0 Å². The average molecular weight is 340 g/mol. The van der Waals surface area contributed by atoms with Gasteiger partial charge in [0.25, 0.3) is 0 Å². The molecule has 1 aliphatic carbocycles. The number of nitrogens with zero attached hydrogens (tertiary/aromatic N) is 2. The van der Waals surface area contributed by atoms with Crippen LogP contribution in [0.25, 0.3) is 0 Å². The second kappa shape index (κ2) is 8.64. The summed E-state index contributed by atoms with van der Waals surface area (Å²) in [6, 6.07) is 11.0. The molecule has 0 saturated carbocycles. The fourth-order valence-corrected chi connectivity index (χ4v) is 3.54. The van der Waals surface area contributed by atoms with E-state index in [0.717, 1.165) is 37.3 Å². The molecule has 0 amide bonds. The highest BCUT2D eigenvalue weighted by Crippen LogP contribution is 2.13. The molecule has 0 fully saturated rings. The molecule has 4 nitrogen and oxygen atoms in total. The standard InChI is InChI=1S/C19H24N4S/c1-20-19(23-16-9-5-6-10-16)21-13-17-14-24-18(22-17)12-11-15-7-3-2-4-8-15/h2-8,14,16H,9-13H2,1H3,(H2,20,21,23). The summed E-state index contributed by atoms with van der Waals surface area (Å²) in [5.41, 5.74) is 2.44. The van der Waals surface area contributed by atoms with E-state index in [0.29, 0.717) is 12.6 Å². The van der Waals surface area contributed by atoms with E-state index >= 15 is 0 Å². The van der Waals surface area contributed by atoms with Crippen molar-refractivity contribution in [1.82, 2.24) is 15.6 Å². The molecule has 0 spiro atoms. The van der Waals surface area contributed by atoms with Crippen LogP contribution in [-0.2, 0) is 19.4 Å². The minimum Gasteiger partial charge on any atom is -0.353 e. The topological polar surface area (TPSA) is 49.3 Å². The first-order valence-electron chi connectivity index (χ1n) is 8.43. The van der Waals surface area contributed by atoms with Crippen molar-refractivity contribution in [3.63, 3.8) is 0 Å². The molecule has 126 valence electrons. The predicted octanol–water partition coefficient (Wildman–Crippen LogP) is 3.31. The monoisotopic (exact) mass is 340 g/mol. The zero-order valence-electron chi connectivity index (χ0n) is 14.0. The lowest BCUT2D eigenvalue weighted by atomic mass is 10.1. The molecule has 5 heteroatoms. The number of hydrogen-bond acceptors (Lipinski definition) is 3. The van der Waals surface area contributed by atoms with Crippen molar-refractivity contribution in [3.8, 4) is 0 Å². The second-order valence-corrected chi connectivity index (χ2v) is 6.87. The number of nitrogens with one attached hydrogen (secondary N) is 2. The van der Waals surface area contributed by atoms with Crippen LogP contribution in [0.3, 0.4) is 0 Å². The van der Waals surface area contributed by atoms with Crippen LogP contribution in [0.2, 0.25) is 0 Å².